The van der Waals surface area contributed by atoms with E-state index in [0.29, 0.717) is 11.4 Å². The van der Waals surface area contributed by atoms with E-state index in [1.807, 2.05) is 0 Å². The van der Waals surface area contributed by atoms with Crippen LogP contribution < -0.4 is 11.1 Å². The molecule has 1 aromatic rings. The number of oxime groups is 1. The summed E-state index contributed by atoms with van der Waals surface area (Å²) in [6, 6.07) is 3.09. The van der Waals surface area contributed by atoms with Crippen molar-refractivity contribution in [2.45, 2.75) is 0 Å². The molecule has 0 bridgehead atoms. The Morgan fingerprint density at radius 2 is 2.40 bits per heavy atom. The van der Waals surface area contributed by atoms with Crippen molar-refractivity contribution in [2.75, 3.05) is 11.2 Å². The first-order chi connectivity index (χ1) is 7.17. The highest BCUT2D eigenvalue weighted by Gasteiger charge is 2.02. The highest BCUT2D eigenvalue weighted by molar-refractivity contribution is 6.29. The van der Waals surface area contributed by atoms with Gasteiger partial charge >= 0.3 is 0 Å². The minimum Gasteiger partial charge on any atom is -0.409 e. The molecule has 6 nitrogen and oxygen atoms in total. The largest absolute Gasteiger partial charge is 0.409 e. The van der Waals surface area contributed by atoms with E-state index >= 15 is 0 Å². The minimum absolute atomic E-state index is 0.0438. The predicted octanol–water partition coefficient (Wildman–Crippen LogP) is 0.353. The van der Waals surface area contributed by atoms with Crippen LogP contribution in [0.25, 0.3) is 0 Å². The van der Waals surface area contributed by atoms with Crippen molar-refractivity contribution in [3.63, 3.8) is 0 Å². The number of halogens is 1. The van der Waals surface area contributed by atoms with Gasteiger partial charge in [0.1, 0.15) is 11.7 Å². The zero-order valence-corrected chi connectivity index (χ0v) is 8.40. The molecule has 80 valence electrons. The molecule has 0 aromatic carbocycles. The Balaban J connectivity index is 2.77. The summed E-state index contributed by atoms with van der Waals surface area (Å²) in [7, 11) is 0. The van der Waals surface area contributed by atoms with E-state index in [1.165, 1.54) is 12.3 Å². The number of anilines is 1. The molecule has 0 aliphatic carbocycles. The topological polar surface area (TPSA) is 101 Å². The number of hydrogen-bond acceptors (Lipinski definition) is 4. The smallest absolute Gasteiger partial charge is 0.240 e. The molecule has 1 amide bonds. The molecule has 0 saturated carbocycles. The quantitative estimate of drug-likeness (QED) is 0.229. The molecule has 0 saturated heterocycles. The lowest BCUT2D eigenvalue weighted by Crippen LogP contribution is -2.16. The lowest BCUT2D eigenvalue weighted by Gasteiger charge is -2.02. The molecule has 0 unspecified atom stereocenters. The third kappa shape index (κ3) is 3.10. The first-order valence-corrected chi connectivity index (χ1v) is 4.50. The number of carbonyl (C=O) groups excluding carboxylic acids is 1. The van der Waals surface area contributed by atoms with Gasteiger partial charge in [-0.1, -0.05) is 5.16 Å². The van der Waals surface area contributed by atoms with Gasteiger partial charge in [0.15, 0.2) is 5.84 Å². The Labute approximate surface area is 90.7 Å². The molecular weight excluding hydrogens is 220 g/mol. The van der Waals surface area contributed by atoms with Crippen LogP contribution in [0.4, 0.5) is 5.82 Å². The van der Waals surface area contributed by atoms with Gasteiger partial charge in [0.25, 0.3) is 0 Å². The van der Waals surface area contributed by atoms with E-state index in [-0.39, 0.29) is 17.6 Å². The number of amidine groups is 1. The zero-order chi connectivity index (χ0) is 11.3. The first-order valence-electron chi connectivity index (χ1n) is 3.97. The van der Waals surface area contributed by atoms with Crippen molar-refractivity contribution >= 4 is 29.2 Å². The van der Waals surface area contributed by atoms with Gasteiger partial charge in [-0.15, -0.1) is 11.6 Å². The Morgan fingerprint density at radius 3 is 2.87 bits per heavy atom. The Morgan fingerprint density at radius 1 is 1.67 bits per heavy atom. The number of nitrogens with zero attached hydrogens (tertiary/aromatic N) is 2. The van der Waals surface area contributed by atoms with Crippen LogP contribution in [-0.2, 0) is 4.79 Å². The van der Waals surface area contributed by atoms with Crippen molar-refractivity contribution in [3.8, 4) is 0 Å². The maximum absolute atomic E-state index is 10.9. The second-order valence-electron chi connectivity index (χ2n) is 2.60. The molecule has 7 heteroatoms. The van der Waals surface area contributed by atoms with Crippen LogP contribution in [0.3, 0.4) is 0 Å². The van der Waals surface area contributed by atoms with E-state index in [2.05, 4.69) is 15.5 Å². The van der Waals surface area contributed by atoms with Crippen molar-refractivity contribution in [1.29, 1.82) is 0 Å². The van der Waals surface area contributed by atoms with E-state index in [1.54, 1.807) is 6.07 Å². The average molecular weight is 229 g/mol. The number of aromatic nitrogens is 1. The Bertz CT molecular complexity index is 377. The molecule has 0 radical (unpaired) electrons. The molecule has 1 heterocycles. The molecule has 0 aliphatic rings. The van der Waals surface area contributed by atoms with Gasteiger partial charge in [0.05, 0.1) is 0 Å². The average Bonchev–Trinajstić information content (AvgIpc) is 2.29. The van der Waals surface area contributed by atoms with Gasteiger partial charge < -0.3 is 16.3 Å². The van der Waals surface area contributed by atoms with E-state index < -0.39 is 0 Å². The standard InChI is InChI=1S/C8H9ClN4O2/c9-3-7(14)12-6-2-1-5(4-11-6)8(10)13-15/h1-2,4,15H,3H2,(H2,10,13)(H,11,12,14). The SMILES string of the molecule is NC(=NO)c1ccc(NC(=O)CCl)nc1. The van der Waals surface area contributed by atoms with Crippen molar-refractivity contribution < 1.29 is 10.0 Å². The third-order valence-electron chi connectivity index (χ3n) is 1.56. The summed E-state index contributed by atoms with van der Waals surface area (Å²) >= 11 is 5.29. The lowest BCUT2D eigenvalue weighted by atomic mass is 10.2. The van der Waals surface area contributed by atoms with Crippen molar-refractivity contribution in [3.05, 3.63) is 23.9 Å². The van der Waals surface area contributed by atoms with Crippen LogP contribution in [0.5, 0.6) is 0 Å². The van der Waals surface area contributed by atoms with Crippen LogP contribution >= 0.6 is 11.6 Å². The monoisotopic (exact) mass is 228 g/mol. The van der Waals surface area contributed by atoms with Crippen LogP contribution in [0.15, 0.2) is 23.5 Å². The summed E-state index contributed by atoms with van der Waals surface area (Å²) in [6.07, 6.45) is 1.37. The van der Waals surface area contributed by atoms with Crippen LogP contribution in [-0.4, -0.2) is 27.8 Å². The molecule has 1 rings (SSSR count). The molecule has 15 heavy (non-hydrogen) atoms. The molecule has 0 atom stereocenters. The second-order valence-corrected chi connectivity index (χ2v) is 2.87. The summed E-state index contributed by atoms with van der Waals surface area (Å²) in [4.78, 5) is 14.8. The third-order valence-corrected chi connectivity index (χ3v) is 1.80. The number of nitrogens with one attached hydrogen (secondary N) is 1. The van der Waals surface area contributed by atoms with Crippen molar-refractivity contribution in [1.82, 2.24) is 4.98 Å². The van der Waals surface area contributed by atoms with Gasteiger partial charge in [-0.3, -0.25) is 4.79 Å². The number of carbonyl (C=O) groups is 1. The molecule has 0 spiro atoms. The first kappa shape index (κ1) is 11.3. The van der Waals surface area contributed by atoms with Gasteiger partial charge in [-0.05, 0) is 12.1 Å². The fourth-order valence-electron chi connectivity index (χ4n) is 0.853. The van der Waals surface area contributed by atoms with Crippen LogP contribution in [0.1, 0.15) is 5.56 Å². The maximum atomic E-state index is 10.9. The Hall–Kier alpha value is -1.82. The number of rotatable bonds is 3. The second kappa shape index (κ2) is 5.16. The number of amides is 1. The van der Waals surface area contributed by atoms with Crippen LogP contribution in [0.2, 0.25) is 0 Å². The number of alkyl halides is 1. The highest BCUT2D eigenvalue weighted by Crippen LogP contribution is 2.04. The molecular formula is C8H9ClN4O2. The fourth-order valence-corrected chi connectivity index (χ4v) is 0.920. The number of hydrogen-bond donors (Lipinski definition) is 3. The van der Waals surface area contributed by atoms with Gasteiger partial charge in [-0.2, -0.15) is 0 Å². The van der Waals surface area contributed by atoms with Gasteiger partial charge in [0.2, 0.25) is 5.91 Å². The summed E-state index contributed by atoms with van der Waals surface area (Å²) in [5.41, 5.74) is 5.78. The predicted molar refractivity (Wildman–Crippen MR) is 56.1 cm³/mol. The number of pyridine rings is 1. The summed E-state index contributed by atoms with van der Waals surface area (Å²) in [5.74, 6) is -0.169. The molecule has 0 aliphatic heterocycles. The summed E-state index contributed by atoms with van der Waals surface area (Å²) < 4.78 is 0. The molecule has 4 N–H and O–H groups in total. The van der Waals surface area contributed by atoms with E-state index in [0.717, 1.165) is 0 Å². The molecule has 0 fully saturated rings. The van der Waals surface area contributed by atoms with Crippen LogP contribution in [0, 0.1) is 0 Å². The Kier molecular flexibility index (Phi) is 3.87. The van der Waals surface area contributed by atoms with E-state index in [4.69, 9.17) is 22.5 Å². The van der Waals surface area contributed by atoms with Crippen molar-refractivity contribution in [2.24, 2.45) is 10.9 Å². The maximum Gasteiger partial charge on any atom is 0.240 e. The normalized spacial score (nSPS) is 11.1. The van der Waals surface area contributed by atoms with Gasteiger partial charge in [-0.25, -0.2) is 4.98 Å². The summed E-state index contributed by atoms with van der Waals surface area (Å²) in [6.45, 7) is 0. The zero-order valence-electron chi connectivity index (χ0n) is 7.64. The number of nitrogens with two attached hydrogens (primary N) is 1. The van der Waals surface area contributed by atoms with Gasteiger partial charge in [0, 0.05) is 11.8 Å². The fraction of sp³-hybridized carbons (Fsp3) is 0.125. The lowest BCUT2D eigenvalue weighted by molar-refractivity contribution is -0.113. The summed E-state index contributed by atoms with van der Waals surface area (Å²) in [5, 5.41) is 13.7. The van der Waals surface area contributed by atoms with E-state index in [9.17, 15) is 4.79 Å². The minimum atomic E-state index is -0.347. The molecule has 1 aromatic heterocycles. The highest BCUT2D eigenvalue weighted by atomic mass is 35.5.